The Morgan fingerprint density at radius 1 is 1.32 bits per heavy atom. The molecule has 4 nitrogen and oxygen atoms in total. The number of nitrogens with two attached hydrogens (primary N) is 1. The van der Waals surface area contributed by atoms with Crippen LogP contribution in [-0.2, 0) is 4.79 Å². The monoisotopic (exact) mass is 264 g/mol. The van der Waals surface area contributed by atoms with Crippen LogP contribution in [0.3, 0.4) is 0 Å². The highest BCUT2D eigenvalue weighted by atomic mass is 16.5. The van der Waals surface area contributed by atoms with Crippen LogP contribution < -0.4 is 15.8 Å². The van der Waals surface area contributed by atoms with E-state index in [0.717, 1.165) is 5.75 Å². The molecule has 3 N–H and O–H groups in total. The van der Waals surface area contributed by atoms with E-state index in [0.29, 0.717) is 18.2 Å². The summed E-state index contributed by atoms with van der Waals surface area (Å²) in [7, 11) is 0. The standard InChI is InChI=1S/C15H24N2O2/c1-10(2)9-19-13-7-5-6-12(8-13)17-15(18)14(16)11(3)4/h5-8,10-11,14H,9,16H2,1-4H3,(H,17,18). The van der Waals surface area contributed by atoms with Crippen molar-refractivity contribution in [1.82, 2.24) is 0 Å². The van der Waals surface area contributed by atoms with Crippen molar-refractivity contribution in [1.29, 1.82) is 0 Å². The van der Waals surface area contributed by atoms with E-state index >= 15 is 0 Å². The van der Waals surface area contributed by atoms with E-state index in [1.165, 1.54) is 0 Å². The number of ether oxygens (including phenoxy) is 1. The van der Waals surface area contributed by atoms with Crippen LogP contribution in [0.2, 0.25) is 0 Å². The number of amides is 1. The smallest absolute Gasteiger partial charge is 0.241 e. The highest BCUT2D eigenvalue weighted by molar-refractivity contribution is 5.94. The van der Waals surface area contributed by atoms with Gasteiger partial charge in [-0.2, -0.15) is 0 Å². The summed E-state index contributed by atoms with van der Waals surface area (Å²) >= 11 is 0. The van der Waals surface area contributed by atoms with Crippen LogP contribution in [-0.4, -0.2) is 18.6 Å². The van der Waals surface area contributed by atoms with Crippen LogP contribution >= 0.6 is 0 Å². The lowest BCUT2D eigenvalue weighted by molar-refractivity contribution is -0.118. The SMILES string of the molecule is CC(C)COc1cccc(NC(=O)C(N)C(C)C)c1. The molecule has 1 rings (SSSR count). The first kappa shape index (κ1) is 15.5. The van der Waals surface area contributed by atoms with Crippen molar-refractivity contribution in [2.45, 2.75) is 33.7 Å². The predicted molar refractivity (Wildman–Crippen MR) is 78.2 cm³/mol. The van der Waals surface area contributed by atoms with E-state index in [1.54, 1.807) is 0 Å². The number of carbonyl (C=O) groups excluding carboxylic acids is 1. The lowest BCUT2D eigenvalue weighted by Crippen LogP contribution is -2.39. The van der Waals surface area contributed by atoms with Crippen molar-refractivity contribution in [3.05, 3.63) is 24.3 Å². The maximum Gasteiger partial charge on any atom is 0.241 e. The third-order valence-electron chi connectivity index (χ3n) is 2.71. The fourth-order valence-electron chi connectivity index (χ4n) is 1.45. The second-order valence-corrected chi connectivity index (χ2v) is 5.49. The second-order valence-electron chi connectivity index (χ2n) is 5.49. The Hall–Kier alpha value is -1.55. The fraction of sp³-hybridized carbons (Fsp3) is 0.533. The second kappa shape index (κ2) is 7.14. The third kappa shape index (κ3) is 5.30. The summed E-state index contributed by atoms with van der Waals surface area (Å²) in [6.45, 7) is 8.68. The van der Waals surface area contributed by atoms with Crippen LogP contribution in [0.15, 0.2) is 24.3 Å². The molecule has 1 aromatic rings. The van der Waals surface area contributed by atoms with Gasteiger partial charge in [0.2, 0.25) is 5.91 Å². The van der Waals surface area contributed by atoms with Crippen molar-refractivity contribution in [2.75, 3.05) is 11.9 Å². The minimum atomic E-state index is -0.500. The number of benzene rings is 1. The highest BCUT2D eigenvalue weighted by Gasteiger charge is 2.17. The van der Waals surface area contributed by atoms with Gasteiger partial charge in [-0.3, -0.25) is 4.79 Å². The van der Waals surface area contributed by atoms with E-state index in [2.05, 4.69) is 19.2 Å². The lowest BCUT2D eigenvalue weighted by Gasteiger charge is -2.16. The van der Waals surface area contributed by atoms with Gasteiger partial charge in [0.05, 0.1) is 12.6 Å². The summed E-state index contributed by atoms with van der Waals surface area (Å²) in [6, 6.07) is 6.87. The topological polar surface area (TPSA) is 64.3 Å². The number of anilines is 1. The molecule has 0 saturated carbocycles. The largest absolute Gasteiger partial charge is 0.493 e. The Kier molecular flexibility index (Phi) is 5.83. The Balaban J connectivity index is 2.64. The zero-order chi connectivity index (χ0) is 14.4. The molecule has 0 aromatic heterocycles. The van der Waals surface area contributed by atoms with Gasteiger partial charge in [-0.25, -0.2) is 0 Å². The summed E-state index contributed by atoms with van der Waals surface area (Å²) in [6.07, 6.45) is 0. The summed E-state index contributed by atoms with van der Waals surface area (Å²) in [5, 5.41) is 2.81. The molecular weight excluding hydrogens is 240 g/mol. The lowest BCUT2D eigenvalue weighted by atomic mass is 10.0. The average Bonchev–Trinajstić information content (AvgIpc) is 2.35. The number of hydrogen-bond donors (Lipinski definition) is 2. The van der Waals surface area contributed by atoms with Crippen LogP contribution in [0.25, 0.3) is 0 Å². The minimum Gasteiger partial charge on any atom is -0.493 e. The van der Waals surface area contributed by atoms with Gasteiger partial charge in [-0.15, -0.1) is 0 Å². The molecular formula is C15H24N2O2. The first-order valence-electron chi connectivity index (χ1n) is 6.69. The molecule has 106 valence electrons. The van der Waals surface area contributed by atoms with Gasteiger partial charge in [0.15, 0.2) is 0 Å². The molecule has 1 atom stereocenters. The molecule has 0 spiro atoms. The van der Waals surface area contributed by atoms with Crippen LogP contribution in [0, 0.1) is 11.8 Å². The highest BCUT2D eigenvalue weighted by Crippen LogP contribution is 2.18. The molecule has 0 saturated heterocycles. The first-order chi connectivity index (χ1) is 8.90. The number of carbonyl (C=O) groups is 1. The molecule has 0 aliphatic rings. The number of nitrogens with one attached hydrogen (secondary N) is 1. The van der Waals surface area contributed by atoms with Crippen molar-refractivity contribution in [3.63, 3.8) is 0 Å². The maximum absolute atomic E-state index is 11.9. The van der Waals surface area contributed by atoms with Gasteiger partial charge in [-0.1, -0.05) is 33.8 Å². The van der Waals surface area contributed by atoms with Crippen LogP contribution in [0.1, 0.15) is 27.7 Å². The van der Waals surface area contributed by atoms with E-state index in [4.69, 9.17) is 10.5 Å². The molecule has 1 aromatic carbocycles. The Labute approximate surface area is 115 Å². The first-order valence-corrected chi connectivity index (χ1v) is 6.69. The van der Waals surface area contributed by atoms with Crippen molar-refractivity contribution >= 4 is 11.6 Å². The maximum atomic E-state index is 11.9. The van der Waals surface area contributed by atoms with Gasteiger partial charge in [0, 0.05) is 11.8 Å². The van der Waals surface area contributed by atoms with Crippen molar-refractivity contribution in [3.8, 4) is 5.75 Å². The van der Waals surface area contributed by atoms with Gasteiger partial charge >= 0.3 is 0 Å². The summed E-state index contributed by atoms with van der Waals surface area (Å²) < 4.78 is 5.62. The molecule has 0 heterocycles. The fourth-order valence-corrected chi connectivity index (χ4v) is 1.45. The Bertz CT molecular complexity index is 416. The molecule has 0 radical (unpaired) electrons. The molecule has 1 amide bonds. The van der Waals surface area contributed by atoms with Crippen LogP contribution in [0.5, 0.6) is 5.75 Å². The number of hydrogen-bond acceptors (Lipinski definition) is 3. The van der Waals surface area contributed by atoms with E-state index in [9.17, 15) is 4.79 Å². The van der Waals surface area contributed by atoms with Gasteiger partial charge < -0.3 is 15.8 Å². The Morgan fingerprint density at radius 2 is 2.00 bits per heavy atom. The van der Waals surface area contributed by atoms with Gasteiger partial charge in [0.1, 0.15) is 5.75 Å². The van der Waals surface area contributed by atoms with Gasteiger partial charge in [-0.05, 0) is 24.0 Å². The van der Waals surface area contributed by atoms with E-state index in [-0.39, 0.29) is 11.8 Å². The summed E-state index contributed by atoms with van der Waals surface area (Å²) in [5.41, 5.74) is 6.51. The zero-order valence-electron chi connectivity index (χ0n) is 12.1. The predicted octanol–water partition coefficient (Wildman–Crippen LogP) is 2.64. The molecule has 0 aliphatic heterocycles. The summed E-state index contributed by atoms with van der Waals surface area (Å²) in [4.78, 5) is 11.9. The molecule has 4 heteroatoms. The molecule has 1 unspecified atom stereocenters. The van der Waals surface area contributed by atoms with Crippen LogP contribution in [0.4, 0.5) is 5.69 Å². The minimum absolute atomic E-state index is 0.111. The van der Waals surface area contributed by atoms with E-state index in [1.807, 2.05) is 38.1 Å². The third-order valence-corrected chi connectivity index (χ3v) is 2.71. The number of rotatable bonds is 6. The molecule has 0 fully saturated rings. The molecule has 19 heavy (non-hydrogen) atoms. The quantitative estimate of drug-likeness (QED) is 0.830. The zero-order valence-corrected chi connectivity index (χ0v) is 12.1. The van der Waals surface area contributed by atoms with Crippen molar-refractivity contribution in [2.24, 2.45) is 17.6 Å². The normalized spacial score (nSPS) is 12.6. The average molecular weight is 264 g/mol. The molecule has 0 bridgehead atoms. The van der Waals surface area contributed by atoms with Gasteiger partial charge in [0.25, 0.3) is 0 Å². The summed E-state index contributed by atoms with van der Waals surface area (Å²) in [5.74, 6) is 1.16. The Morgan fingerprint density at radius 3 is 2.58 bits per heavy atom. The van der Waals surface area contributed by atoms with Crippen molar-refractivity contribution < 1.29 is 9.53 Å². The molecule has 0 aliphatic carbocycles. The van der Waals surface area contributed by atoms with E-state index < -0.39 is 6.04 Å².